The molecule has 0 aromatic heterocycles. The second kappa shape index (κ2) is 44.5. The van der Waals surface area contributed by atoms with E-state index in [-0.39, 0.29) is 31.1 Å². The lowest BCUT2D eigenvalue weighted by Gasteiger charge is -2.18. The molecule has 59 heavy (non-hydrogen) atoms. The second-order valence-electron chi connectivity index (χ2n) is 19.4. The Hall–Kier alpha value is -1.59. The van der Waals surface area contributed by atoms with Gasteiger partial charge in [-0.3, -0.25) is 14.4 Å². The zero-order chi connectivity index (χ0) is 43.4. The van der Waals surface area contributed by atoms with Gasteiger partial charge in [0.15, 0.2) is 6.10 Å². The van der Waals surface area contributed by atoms with Gasteiger partial charge in [-0.05, 0) is 37.0 Å². The number of hydrogen-bond donors (Lipinski definition) is 0. The van der Waals surface area contributed by atoms with E-state index in [0.717, 1.165) is 75.5 Å². The Kier molecular flexibility index (Phi) is 43.3. The molecule has 0 amide bonds. The van der Waals surface area contributed by atoms with Gasteiger partial charge in [-0.1, -0.05) is 247 Å². The summed E-state index contributed by atoms with van der Waals surface area (Å²) in [5.41, 5.74) is 0. The van der Waals surface area contributed by atoms with Crippen LogP contribution in [0.15, 0.2) is 0 Å². The third kappa shape index (κ3) is 45.8. The van der Waals surface area contributed by atoms with Gasteiger partial charge in [-0.25, -0.2) is 0 Å². The molecule has 0 fully saturated rings. The van der Waals surface area contributed by atoms with E-state index in [9.17, 15) is 14.4 Å². The van der Waals surface area contributed by atoms with Gasteiger partial charge < -0.3 is 14.2 Å². The normalized spacial score (nSPS) is 12.6. The zero-order valence-corrected chi connectivity index (χ0v) is 40.5. The Balaban J connectivity index is 4.27. The first kappa shape index (κ1) is 57.4. The van der Waals surface area contributed by atoms with Crippen molar-refractivity contribution in [3.05, 3.63) is 0 Å². The summed E-state index contributed by atoms with van der Waals surface area (Å²) < 4.78 is 16.8. The van der Waals surface area contributed by atoms with Crippen molar-refractivity contribution in [3.8, 4) is 0 Å². The van der Waals surface area contributed by atoms with E-state index in [1.54, 1.807) is 0 Å². The van der Waals surface area contributed by atoms with Gasteiger partial charge in [0.25, 0.3) is 0 Å². The molecule has 0 aromatic carbocycles. The highest BCUT2D eigenvalue weighted by molar-refractivity contribution is 5.71. The lowest BCUT2D eigenvalue weighted by molar-refractivity contribution is -0.167. The first-order valence-electron chi connectivity index (χ1n) is 26.1. The monoisotopic (exact) mass is 835 g/mol. The van der Waals surface area contributed by atoms with Crippen LogP contribution in [0.4, 0.5) is 0 Å². The average molecular weight is 835 g/mol. The number of hydrogen-bond acceptors (Lipinski definition) is 6. The predicted octanol–water partition coefficient (Wildman–Crippen LogP) is 16.8. The van der Waals surface area contributed by atoms with Crippen LogP contribution in [0.1, 0.15) is 286 Å². The minimum Gasteiger partial charge on any atom is -0.462 e. The number of unbranched alkanes of at least 4 members (excludes halogenated alkanes) is 28. The summed E-state index contributed by atoms with van der Waals surface area (Å²) in [6.07, 6.45) is 43.8. The van der Waals surface area contributed by atoms with Crippen molar-refractivity contribution in [1.82, 2.24) is 0 Å². The molecule has 0 bridgehead atoms. The number of carbonyl (C=O) groups excluding carboxylic acids is 3. The van der Waals surface area contributed by atoms with E-state index >= 15 is 0 Å². The van der Waals surface area contributed by atoms with E-state index in [4.69, 9.17) is 14.2 Å². The molecule has 0 rings (SSSR count). The van der Waals surface area contributed by atoms with Gasteiger partial charge in [-0.2, -0.15) is 0 Å². The molecule has 0 saturated heterocycles. The number of rotatable bonds is 46. The molecule has 1 unspecified atom stereocenters. The van der Waals surface area contributed by atoms with Gasteiger partial charge in [-0.15, -0.1) is 0 Å². The van der Waals surface area contributed by atoms with Crippen molar-refractivity contribution in [1.29, 1.82) is 0 Å². The molecular weight excluding hydrogens is 733 g/mol. The summed E-state index contributed by atoms with van der Waals surface area (Å²) in [4.78, 5) is 37.9. The van der Waals surface area contributed by atoms with E-state index in [1.165, 1.54) is 167 Å². The Labute approximate surface area is 368 Å². The maximum absolute atomic E-state index is 12.8. The van der Waals surface area contributed by atoms with Crippen molar-refractivity contribution in [2.24, 2.45) is 17.8 Å². The Morgan fingerprint density at radius 3 is 0.881 bits per heavy atom. The number of carbonyl (C=O) groups is 3. The summed E-state index contributed by atoms with van der Waals surface area (Å²) in [5, 5.41) is 0. The first-order valence-corrected chi connectivity index (χ1v) is 26.1. The highest BCUT2D eigenvalue weighted by atomic mass is 16.6. The fourth-order valence-electron chi connectivity index (χ4n) is 7.91. The fourth-order valence-corrected chi connectivity index (χ4v) is 7.91. The number of ether oxygens (including phenoxy) is 3. The smallest absolute Gasteiger partial charge is 0.306 e. The standard InChI is InChI=1S/C53H102O6/c1-7-49(6)41-35-29-23-16-12-10-8-9-11-13-17-24-30-36-42-51(54)57-45-50(59-53(56)44-38-32-26-20-19-22-28-34-40-48(4)5)46-58-52(55)43-37-31-25-18-14-15-21-27-33-39-47(2)3/h47-50H,7-46H2,1-6H3/t49?,50-/m0/s1. The average Bonchev–Trinajstić information content (AvgIpc) is 3.20. The molecule has 0 N–H and O–H groups in total. The molecule has 0 aliphatic rings. The summed E-state index contributed by atoms with van der Waals surface area (Å²) in [6.45, 7) is 13.7. The lowest BCUT2D eigenvalue weighted by atomic mass is 9.99. The van der Waals surface area contributed by atoms with Crippen LogP contribution in [-0.2, 0) is 28.6 Å². The van der Waals surface area contributed by atoms with Crippen molar-refractivity contribution in [3.63, 3.8) is 0 Å². The predicted molar refractivity (Wildman–Crippen MR) is 252 cm³/mol. The Bertz CT molecular complexity index is 916. The molecule has 0 aliphatic carbocycles. The van der Waals surface area contributed by atoms with Crippen molar-refractivity contribution in [2.45, 2.75) is 292 Å². The highest BCUT2D eigenvalue weighted by Crippen LogP contribution is 2.18. The van der Waals surface area contributed by atoms with E-state index in [1.807, 2.05) is 0 Å². The highest BCUT2D eigenvalue weighted by Gasteiger charge is 2.19. The van der Waals surface area contributed by atoms with Crippen molar-refractivity contribution in [2.75, 3.05) is 13.2 Å². The lowest BCUT2D eigenvalue weighted by Crippen LogP contribution is -2.30. The molecule has 6 heteroatoms. The third-order valence-corrected chi connectivity index (χ3v) is 12.3. The topological polar surface area (TPSA) is 78.9 Å². The van der Waals surface area contributed by atoms with Crippen molar-refractivity contribution < 1.29 is 28.6 Å². The van der Waals surface area contributed by atoms with Crippen LogP contribution >= 0.6 is 0 Å². The zero-order valence-electron chi connectivity index (χ0n) is 40.5. The minimum atomic E-state index is -0.763. The van der Waals surface area contributed by atoms with Crippen LogP contribution in [0.3, 0.4) is 0 Å². The van der Waals surface area contributed by atoms with Gasteiger partial charge in [0.2, 0.25) is 0 Å². The molecule has 0 saturated carbocycles. The van der Waals surface area contributed by atoms with Gasteiger partial charge >= 0.3 is 17.9 Å². The quantitative estimate of drug-likeness (QED) is 0.0345. The van der Waals surface area contributed by atoms with E-state index in [0.29, 0.717) is 19.3 Å². The molecule has 0 aliphatic heterocycles. The maximum atomic E-state index is 12.8. The largest absolute Gasteiger partial charge is 0.462 e. The van der Waals surface area contributed by atoms with E-state index in [2.05, 4.69) is 41.5 Å². The SMILES string of the molecule is CCC(C)CCCCCCCCCCCCCCCCC(=O)OC[C@@H](COC(=O)CCCCCCCCCCCC(C)C)OC(=O)CCCCCCCCCCC(C)C. The van der Waals surface area contributed by atoms with Crippen LogP contribution in [0.5, 0.6) is 0 Å². The van der Waals surface area contributed by atoms with Crippen molar-refractivity contribution >= 4 is 17.9 Å². The molecule has 0 aromatic rings. The maximum Gasteiger partial charge on any atom is 0.306 e. The van der Waals surface area contributed by atoms with E-state index < -0.39 is 6.10 Å². The summed E-state index contributed by atoms with van der Waals surface area (Å²) >= 11 is 0. The summed E-state index contributed by atoms with van der Waals surface area (Å²) in [7, 11) is 0. The Morgan fingerprint density at radius 2 is 0.593 bits per heavy atom. The van der Waals surface area contributed by atoms with Gasteiger partial charge in [0, 0.05) is 19.3 Å². The first-order chi connectivity index (χ1) is 28.6. The fraction of sp³-hybridized carbons (Fsp3) is 0.943. The van der Waals surface area contributed by atoms with Crippen LogP contribution in [-0.4, -0.2) is 37.2 Å². The molecular formula is C53H102O6. The van der Waals surface area contributed by atoms with Crippen LogP contribution in [0.25, 0.3) is 0 Å². The minimum absolute atomic E-state index is 0.0651. The second-order valence-corrected chi connectivity index (χ2v) is 19.4. The molecule has 0 spiro atoms. The summed E-state index contributed by atoms with van der Waals surface area (Å²) in [5.74, 6) is 1.64. The summed E-state index contributed by atoms with van der Waals surface area (Å²) in [6, 6.07) is 0. The van der Waals surface area contributed by atoms with Gasteiger partial charge in [0.1, 0.15) is 13.2 Å². The Morgan fingerprint density at radius 1 is 0.339 bits per heavy atom. The molecule has 6 nitrogen and oxygen atoms in total. The molecule has 0 heterocycles. The third-order valence-electron chi connectivity index (χ3n) is 12.3. The van der Waals surface area contributed by atoms with Crippen LogP contribution in [0.2, 0.25) is 0 Å². The van der Waals surface area contributed by atoms with Crippen LogP contribution < -0.4 is 0 Å². The molecule has 350 valence electrons. The number of esters is 3. The molecule has 2 atom stereocenters. The van der Waals surface area contributed by atoms with Gasteiger partial charge in [0.05, 0.1) is 0 Å². The van der Waals surface area contributed by atoms with Crippen LogP contribution in [0, 0.1) is 17.8 Å². The molecule has 0 radical (unpaired) electrons.